The van der Waals surface area contributed by atoms with Crippen LogP contribution in [0.4, 0.5) is 0 Å². The first-order valence-electron chi connectivity index (χ1n) is 7.47. The number of allylic oxidation sites excluding steroid dienone is 2. The van der Waals surface area contributed by atoms with Gasteiger partial charge in [0.15, 0.2) is 0 Å². The van der Waals surface area contributed by atoms with Gasteiger partial charge in [-0.3, -0.25) is 0 Å². The third kappa shape index (κ3) is 3.48. The molecular weight excluding hydrogens is 216 g/mol. The highest BCUT2D eigenvalue weighted by atomic mass is 14.2. The van der Waals surface area contributed by atoms with Gasteiger partial charge in [0.05, 0.1) is 0 Å². The smallest absolute Gasteiger partial charge is 0.0228 e. The normalized spacial score (nSPS) is 21.5. The molecule has 2 unspecified atom stereocenters. The summed E-state index contributed by atoms with van der Waals surface area (Å²) in [7, 11) is 0. The van der Waals surface area contributed by atoms with Gasteiger partial charge in [0.25, 0.3) is 0 Å². The molecule has 1 aromatic rings. The average molecular weight is 242 g/mol. The molecule has 18 heavy (non-hydrogen) atoms. The zero-order valence-corrected chi connectivity index (χ0v) is 12.1. The van der Waals surface area contributed by atoms with Gasteiger partial charge in [-0.15, -0.1) is 0 Å². The largest absolute Gasteiger partial charge is 0.0805 e. The highest BCUT2D eigenvalue weighted by Gasteiger charge is 2.11. The molecule has 0 heterocycles. The molecule has 0 aliphatic heterocycles. The lowest BCUT2D eigenvalue weighted by Crippen LogP contribution is -2.01. The molecule has 0 radical (unpaired) electrons. The predicted octanol–water partition coefficient (Wildman–Crippen LogP) is 5.48. The van der Waals surface area contributed by atoms with E-state index in [0.717, 1.165) is 11.8 Å². The Labute approximate surface area is 112 Å². The van der Waals surface area contributed by atoms with Crippen LogP contribution in [-0.2, 0) is 6.42 Å². The van der Waals surface area contributed by atoms with Crippen molar-refractivity contribution in [3.8, 4) is 0 Å². The van der Waals surface area contributed by atoms with Crippen molar-refractivity contribution in [1.82, 2.24) is 0 Å². The van der Waals surface area contributed by atoms with Crippen LogP contribution in [0.2, 0.25) is 0 Å². The van der Waals surface area contributed by atoms with Gasteiger partial charge in [-0.05, 0) is 54.2 Å². The second-order valence-electron chi connectivity index (χ2n) is 6.02. The highest BCUT2D eigenvalue weighted by molar-refractivity contribution is 5.66. The van der Waals surface area contributed by atoms with Crippen molar-refractivity contribution < 1.29 is 0 Å². The van der Waals surface area contributed by atoms with Crippen molar-refractivity contribution in [3.05, 3.63) is 41.5 Å². The lowest BCUT2D eigenvalue weighted by Gasteiger charge is -2.18. The molecule has 1 aliphatic rings. The quantitative estimate of drug-likeness (QED) is 0.656. The second kappa shape index (κ2) is 6.22. The van der Waals surface area contributed by atoms with Gasteiger partial charge < -0.3 is 0 Å². The summed E-state index contributed by atoms with van der Waals surface area (Å²) in [6.07, 6.45) is 8.78. The fourth-order valence-electron chi connectivity index (χ4n) is 2.63. The summed E-state index contributed by atoms with van der Waals surface area (Å²) >= 11 is 0. The summed E-state index contributed by atoms with van der Waals surface area (Å²) < 4.78 is 0. The van der Waals surface area contributed by atoms with E-state index in [1.54, 1.807) is 5.57 Å². The summed E-state index contributed by atoms with van der Waals surface area (Å²) in [6.45, 7) is 6.95. The van der Waals surface area contributed by atoms with Gasteiger partial charge in [0.1, 0.15) is 0 Å². The Bertz CT molecular complexity index is 397. The van der Waals surface area contributed by atoms with Crippen molar-refractivity contribution in [2.75, 3.05) is 0 Å². The Morgan fingerprint density at radius 1 is 1.22 bits per heavy atom. The number of benzene rings is 1. The molecule has 0 spiro atoms. The molecule has 0 heteroatoms. The first kappa shape index (κ1) is 13.4. The van der Waals surface area contributed by atoms with Crippen molar-refractivity contribution >= 4 is 5.57 Å². The molecule has 2 rings (SSSR count). The van der Waals surface area contributed by atoms with E-state index in [0.29, 0.717) is 0 Å². The number of hydrogen-bond donors (Lipinski definition) is 0. The number of hydrogen-bond acceptors (Lipinski definition) is 0. The van der Waals surface area contributed by atoms with Crippen molar-refractivity contribution in [2.24, 2.45) is 11.8 Å². The topological polar surface area (TPSA) is 0 Å². The highest BCUT2D eigenvalue weighted by Crippen LogP contribution is 2.30. The van der Waals surface area contributed by atoms with Crippen LogP contribution >= 0.6 is 0 Å². The molecule has 0 aromatic heterocycles. The van der Waals surface area contributed by atoms with Gasteiger partial charge in [-0.2, -0.15) is 0 Å². The number of rotatable bonds is 4. The summed E-state index contributed by atoms with van der Waals surface area (Å²) in [4.78, 5) is 0. The van der Waals surface area contributed by atoms with Crippen LogP contribution in [-0.4, -0.2) is 0 Å². The maximum absolute atomic E-state index is 2.44. The molecule has 0 amide bonds. The Morgan fingerprint density at radius 2 is 1.94 bits per heavy atom. The van der Waals surface area contributed by atoms with Gasteiger partial charge in [-0.1, -0.05) is 57.5 Å². The van der Waals surface area contributed by atoms with Crippen LogP contribution in [0, 0.1) is 11.8 Å². The predicted molar refractivity (Wildman–Crippen MR) is 80.6 cm³/mol. The van der Waals surface area contributed by atoms with Gasteiger partial charge in [0.2, 0.25) is 0 Å². The third-order valence-electron chi connectivity index (χ3n) is 4.28. The van der Waals surface area contributed by atoms with E-state index < -0.39 is 0 Å². The van der Waals surface area contributed by atoms with Crippen LogP contribution in [0.1, 0.15) is 57.6 Å². The van der Waals surface area contributed by atoms with Crippen molar-refractivity contribution in [1.29, 1.82) is 0 Å². The fraction of sp³-hybridized carbons (Fsp3) is 0.556. The molecule has 1 aliphatic carbocycles. The lowest BCUT2D eigenvalue weighted by atomic mass is 9.87. The van der Waals surface area contributed by atoms with Crippen LogP contribution in [0.15, 0.2) is 30.3 Å². The van der Waals surface area contributed by atoms with E-state index in [-0.39, 0.29) is 0 Å². The Hall–Kier alpha value is -1.04. The Balaban J connectivity index is 2.03. The molecular formula is C18H26. The summed E-state index contributed by atoms with van der Waals surface area (Å²) in [5.41, 5.74) is 4.48. The second-order valence-corrected chi connectivity index (χ2v) is 6.02. The summed E-state index contributed by atoms with van der Waals surface area (Å²) in [5.74, 6) is 1.67. The zero-order chi connectivity index (χ0) is 13.0. The molecule has 98 valence electrons. The molecule has 0 saturated carbocycles. The molecule has 0 bridgehead atoms. The minimum Gasteiger partial charge on any atom is -0.0805 e. The van der Waals surface area contributed by atoms with Crippen molar-refractivity contribution in [3.63, 3.8) is 0 Å². The van der Waals surface area contributed by atoms with E-state index in [1.165, 1.54) is 43.2 Å². The van der Waals surface area contributed by atoms with E-state index in [4.69, 9.17) is 0 Å². The monoisotopic (exact) mass is 242 g/mol. The zero-order valence-electron chi connectivity index (χ0n) is 12.1. The van der Waals surface area contributed by atoms with Crippen LogP contribution < -0.4 is 0 Å². The van der Waals surface area contributed by atoms with E-state index in [9.17, 15) is 0 Å². The van der Waals surface area contributed by atoms with Crippen LogP contribution in [0.25, 0.3) is 5.57 Å². The molecule has 2 atom stereocenters. The van der Waals surface area contributed by atoms with Gasteiger partial charge in [-0.25, -0.2) is 0 Å². The van der Waals surface area contributed by atoms with E-state index in [1.807, 2.05) is 0 Å². The molecule has 0 saturated heterocycles. The maximum atomic E-state index is 2.44. The summed E-state index contributed by atoms with van der Waals surface area (Å²) in [5, 5.41) is 0. The Morgan fingerprint density at radius 3 is 2.50 bits per heavy atom. The SMILES string of the molecule is CCC(C)Cc1ccc(C2=CCC(C)CC2)cc1. The fourth-order valence-corrected chi connectivity index (χ4v) is 2.63. The van der Waals surface area contributed by atoms with E-state index in [2.05, 4.69) is 51.1 Å². The lowest BCUT2D eigenvalue weighted by molar-refractivity contribution is 0.534. The molecule has 0 fully saturated rings. The minimum atomic E-state index is 0.797. The van der Waals surface area contributed by atoms with Crippen LogP contribution in [0.5, 0.6) is 0 Å². The standard InChI is InChI=1S/C18H26/c1-4-14(2)13-16-7-11-18(12-8-16)17-9-5-15(3)6-10-17/h7-9,11-12,14-15H,4-6,10,13H2,1-3H3. The van der Waals surface area contributed by atoms with Gasteiger partial charge in [0, 0.05) is 0 Å². The van der Waals surface area contributed by atoms with E-state index >= 15 is 0 Å². The molecule has 0 N–H and O–H groups in total. The van der Waals surface area contributed by atoms with Gasteiger partial charge >= 0.3 is 0 Å². The Kier molecular flexibility index (Phi) is 4.63. The minimum absolute atomic E-state index is 0.797. The van der Waals surface area contributed by atoms with Crippen molar-refractivity contribution in [2.45, 2.75) is 52.9 Å². The molecule has 0 nitrogen and oxygen atoms in total. The average Bonchev–Trinajstić information content (AvgIpc) is 2.40. The molecule has 1 aromatic carbocycles. The third-order valence-corrected chi connectivity index (χ3v) is 4.28. The first-order valence-corrected chi connectivity index (χ1v) is 7.47. The first-order chi connectivity index (χ1) is 8.69. The van der Waals surface area contributed by atoms with Crippen LogP contribution in [0.3, 0.4) is 0 Å². The summed E-state index contributed by atoms with van der Waals surface area (Å²) in [6, 6.07) is 9.28. The maximum Gasteiger partial charge on any atom is -0.0228 e.